The van der Waals surface area contributed by atoms with Crippen molar-refractivity contribution in [2.45, 2.75) is 6.54 Å². The van der Waals surface area contributed by atoms with Crippen LogP contribution in [0.15, 0.2) is 48.5 Å². The Morgan fingerprint density at radius 1 is 1.11 bits per heavy atom. The highest BCUT2D eigenvalue weighted by atomic mass is 19.1. The van der Waals surface area contributed by atoms with Crippen LogP contribution in [0.2, 0.25) is 0 Å². The Bertz CT molecular complexity index is 1310. The van der Waals surface area contributed by atoms with Crippen molar-refractivity contribution in [3.05, 3.63) is 59.9 Å². The van der Waals surface area contributed by atoms with Crippen molar-refractivity contribution in [1.82, 2.24) is 24.6 Å². The molecule has 182 valence electrons. The predicted molar refractivity (Wildman–Crippen MR) is 133 cm³/mol. The summed E-state index contributed by atoms with van der Waals surface area (Å²) in [5.41, 5.74) is 8.66. The number of nitrogens with two attached hydrogens (primary N) is 1. The third kappa shape index (κ3) is 5.03. The number of benzene rings is 2. The average molecular weight is 478 g/mol. The number of nitrogens with zero attached hydrogens (tertiary/aromatic N) is 5. The van der Waals surface area contributed by atoms with Gasteiger partial charge < -0.3 is 20.5 Å². The van der Waals surface area contributed by atoms with Gasteiger partial charge in [0, 0.05) is 37.8 Å². The fraction of sp³-hybridized carbons (Fsp3) is 0.320. The molecule has 0 saturated carbocycles. The summed E-state index contributed by atoms with van der Waals surface area (Å²) in [6.45, 7) is 5.18. The highest BCUT2D eigenvalue weighted by Crippen LogP contribution is 2.34. The number of anilines is 2. The molecule has 10 heteroatoms. The van der Waals surface area contributed by atoms with Gasteiger partial charge in [-0.05, 0) is 17.7 Å². The lowest BCUT2D eigenvalue weighted by Crippen LogP contribution is -2.39. The molecule has 0 unspecified atom stereocenters. The highest BCUT2D eigenvalue weighted by Gasteiger charge is 2.21. The van der Waals surface area contributed by atoms with E-state index in [1.807, 2.05) is 30.3 Å². The van der Waals surface area contributed by atoms with E-state index in [1.165, 1.54) is 13.2 Å². The second-order valence-corrected chi connectivity index (χ2v) is 8.35. The van der Waals surface area contributed by atoms with E-state index in [4.69, 9.17) is 15.2 Å². The minimum atomic E-state index is -0.459. The number of hydrogen-bond donors (Lipinski definition) is 2. The minimum absolute atomic E-state index is 0.306. The van der Waals surface area contributed by atoms with Gasteiger partial charge >= 0.3 is 0 Å². The Morgan fingerprint density at radius 2 is 1.91 bits per heavy atom. The summed E-state index contributed by atoms with van der Waals surface area (Å²) in [7, 11) is 1.50. The molecule has 2 aromatic carbocycles. The zero-order chi connectivity index (χ0) is 24.2. The number of rotatable bonds is 8. The van der Waals surface area contributed by atoms with Crippen molar-refractivity contribution in [3.63, 3.8) is 0 Å². The molecule has 3 heterocycles. The molecular formula is C25H28FN7O2. The number of aromatic nitrogens is 4. The van der Waals surface area contributed by atoms with Crippen molar-refractivity contribution in [1.29, 1.82) is 0 Å². The van der Waals surface area contributed by atoms with E-state index in [-0.39, 0.29) is 0 Å². The van der Waals surface area contributed by atoms with Gasteiger partial charge in [-0.15, -0.1) is 5.10 Å². The van der Waals surface area contributed by atoms with Crippen molar-refractivity contribution < 1.29 is 13.9 Å². The fourth-order valence-electron chi connectivity index (χ4n) is 4.17. The minimum Gasteiger partial charge on any atom is -0.497 e. The van der Waals surface area contributed by atoms with Crippen LogP contribution in [0.1, 0.15) is 5.56 Å². The van der Waals surface area contributed by atoms with E-state index < -0.39 is 5.82 Å². The molecule has 4 aromatic rings. The van der Waals surface area contributed by atoms with E-state index >= 15 is 4.39 Å². The molecular weight excluding hydrogens is 449 g/mol. The first-order valence-corrected chi connectivity index (χ1v) is 11.6. The molecule has 0 bridgehead atoms. The molecule has 1 fully saturated rings. The van der Waals surface area contributed by atoms with Gasteiger partial charge in [-0.1, -0.05) is 30.3 Å². The average Bonchev–Trinajstić information content (AvgIpc) is 3.19. The van der Waals surface area contributed by atoms with E-state index in [9.17, 15) is 0 Å². The molecule has 2 aromatic heterocycles. The Balaban J connectivity index is 1.51. The van der Waals surface area contributed by atoms with Crippen molar-refractivity contribution >= 4 is 22.8 Å². The highest BCUT2D eigenvalue weighted by molar-refractivity contribution is 5.99. The summed E-state index contributed by atoms with van der Waals surface area (Å²) in [4.78, 5) is 11.6. The predicted octanol–water partition coefficient (Wildman–Crippen LogP) is 3.02. The number of halogens is 1. The third-order valence-electron chi connectivity index (χ3n) is 6.06. The normalized spacial score (nSPS) is 14.3. The van der Waals surface area contributed by atoms with Gasteiger partial charge in [0.2, 0.25) is 5.95 Å². The van der Waals surface area contributed by atoms with Crippen molar-refractivity contribution in [3.8, 4) is 17.0 Å². The lowest BCUT2D eigenvalue weighted by atomic mass is 10.1. The maximum atomic E-state index is 15.1. The summed E-state index contributed by atoms with van der Waals surface area (Å²) in [6.07, 6.45) is 0. The molecule has 1 aliphatic heterocycles. The Hall–Kier alpha value is -3.76. The molecule has 0 atom stereocenters. The maximum absolute atomic E-state index is 15.1. The fourth-order valence-corrected chi connectivity index (χ4v) is 4.17. The molecule has 0 spiro atoms. The second kappa shape index (κ2) is 10.2. The van der Waals surface area contributed by atoms with Crippen LogP contribution in [0.3, 0.4) is 0 Å². The Kier molecular flexibility index (Phi) is 6.73. The molecule has 0 aliphatic carbocycles. The van der Waals surface area contributed by atoms with E-state index in [0.29, 0.717) is 52.9 Å². The number of morpholine rings is 1. The zero-order valence-corrected chi connectivity index (χ0v) is 19.6. The molecule has 3 N–H and O–H groups in total. The topological polar surface area (TPSA) is 103 Å². The quantitative estimate of drug-likeness (QED) is 0.399. The van der Waals surface area contributed by atoms with Crippen LogP contribution < -0.4 is 15.8 Å². The van der Waals surface area contributed by atoms with Gasteiger partial charge in [0.05, 0.1) is 37.9 Å². The van der Waals surface area contributed by atoms with Gasteiger partial charge in [-0.3, -0.25) is 4.90 Å². The second-order valence-electron chi connectivity index (χ2n) is 8.35. The van der Waals surface area contributed by atoms with E-state index in [2.05, 4.69) is 25.3 Å². The standard InChI is InChI=1S/C25H28FN7O2/c1-34-18-7-8-19(20(26)15-18)22-21-23(27)33(16-17-5-3-2-4-6-17)31-24(21)30-25(29-22)28-9-10-32-11-13-35-14-12-32/h2-8,15H,9-14,16,27H2,1H3,(H,28,30,31). The van der Waals surface area contributed by atoms with Crippen molar-refractivity contribution in [2.24, 2.45) is 0 Å². The van der Waals surface area contributed by atoms with Crippen LogP contribution in [0.25, 0.3) is 22.3 Å². The number of fused-ring (bicyclic) bond motifs is 1. The smallest absolute Gasteiger partial charge is 0.225 e. The lowest BCUT2D eigenvalue weighted by molar-refractivity contribution is 0.0398. The van der Waals surface area contributed by atoms with Crippen LogP contribution in [0, 0.1) is 5.82 Å². The lowest BCUT2D eigenvalue weighted by Gasteiger charge is -2.26. The van der Waals surface area contributed by atoms with Gasteiger partial charge in [-0.2, -0.15) is 4.98 Å². The Morgan fingerprint density at radius 3 is 2.66 bits per heavy atom. The van der Waals surface area contributed by atoms with Crippen LogP contribution in [-0.2, 0) is 11.3 Å². The molecule has 1 aliphatic rings. The molecule has 5 rings (SSSR count). The van der Waals surface area contributed by atoms with Gasteiger partial charge in [0.15, 0.2) is 5.65 Å². The molecule has 0 amide bonds. The number of methoxy groups -OCH3 is 1. The van der Waals surface area contributed by atoms with E-state index in [0.717, 1.165) is 38.4 Å². The zero-order valence-electron chi connectivity index (χ0n) is 19.6. The number of hydrogen-bond acceptors (Lipinski definition) is 8. The first-order valence-electron chi connectivity index (χ1n) is 11.6. The number of nitrogens with one attached hydrogen (secondary N) is 1. The first kappa shape index (κ1) is 23.0. The van der Waals surface area contributed by atoms with Crippen molar-refractivity contribution in [2.75, 3.05) is 57.6 Å². The maximum Gasteiger partial charge on any atom is 0.225 e. The molecule has 9 nitrogen and oxygen atoms in total. The van der Waals surface area contributed by atoms with Crippen LogP contribution in [0.4, 0.5) is 16.2 Å². The van der Waals surface area contributed by atoms with Crippen LogP contribution in [0.5, 0.6) is 5.75 Å². The van der Waals surface area contributed by atoms with Gasteiger partial charge in [0.1, 0.15) is 17.4 Å². The summed E-state index contributed by atoms with van der Waals surface area (Å²) in [5, 5.41) is 8.43. The molecule has 35 heavy (non-hydrogen) atoms. The molecule has 0 radical (unpaired) electrons. The third-order valence-corrected chi connectivity index (χ3v) is 6.06. The summed E-state index contributed by atoms with van der Waals surface area (Å²) < 4.78 is 27.4. The summed E-state index contributed by atoms with van der Waals surface area (Å²) in [5.74, 6) is 0.723. The Labute approximate surface area is 202 Å². The monoisotopic (exact) mass is 477 g/mol. The van der Waals surface area contributed by atoms with Crippen LogP contribution in [-0.4, -0.2) is 71.2 Å². The number of ether oxygens (including phenoxy) is 2. The van der Waals surface area contributed by atoms with E-state index in [1.54, 1.807) is 16.8 Å². The summed E-state index contributed by atoms with van der Waals surface area (Å²) in [6, 6.07) is 14.5. The van der Waals surface area contributed by atoms with Gasteiger partial charge in [0.25, 0.3) is 0 Å². The van der Waals surface area contributed by atoms with Gasteiger partial charge in [-0.25, -0.2) is 14.1 Å². The first-order chi connectivity index (χ1) is 17.1. The largest absolute Gasteiger partial charge is 0.497 e. The number of nitrogen functional groups attached to an aromatic ring is 1. The molecule has 1 saturated heterocycles. The summed E-state index contributed by atoms with van der Waals surface area (Å²) >= 11 is 0. The van der Waals surface area contributed by atoms with Crippen LogP contribution >= 0.6 is 0 Å². The SMILES string of the molecule is COc1ccc(-c2nc(NCCN3CCOCC3)nc3nn(Cc4ccccc4)c(N)c23)c(F)c1.